The summed E-state index contributed by atoms with van der Waals surface area (Å²) in [5.41, 5.74) is 4.04. The minimum absolute atomic E-state index is 0.108. The fourth-order valence-electron chi connectivity index (χ4n) is 4.26. The molecular weight excluding hydrogens is 446 g/mol. The van der Waals surface area contributed by atoms with Crippen LogP contribution in [0.15, 0.2) is 48.9 Å². The highest BCUT2D eigenvalue weighted by Crippen LogP contribution is 2.30. The fourth-order valence-corrected chi connectivity index (χ4v) is 5.28. The number of nitrogens with one attached hydrogen (secondary N) is 1. The maximum Gasteiger partial charge on any atom is 0.223 e. The van der Waals surface area contributed by atoms with Gasteiger partial charge in [-0.15, -0.1) is 11.3 Å². The molecule has 0 unspecified atom stereocenters. The smallest absolute Gasteiger partial charge is 0.223 e. The van der Waals surface area contributed by atoms with Gasteiger partial charge in [0.15, 0.2) is 0 Å². The van der Waals surface area contributed by atoms with Crippen LogP contribution in [-0.4, -0.2) is 43.3 Å². The zero-order valence-electron chi connectivity index (χ0n) is 19.4. The van der Waals surface area contributed by atoms with Crippen LogP contribution >= 0.6 is 11.3 Å². The molecule has 1 aromatic carbocycles. The number of aliphatic hydroxyl groups is 1. The van der Waals surface area contributed by atoms with Crippen LogP contribution in [0.5, 0.6) is 5.75 Å². The van der Waals surface area contributed by atoms with Crippen molar-refractivity contribution in [2.45, 2.75) is 64.2 Å². The van der Waals surface area contributed by atoms with Crippen molar-refractivity contribution in [3.63, 3.8) is 0 Å². The van der Waals surface area contributed by atoms with Crippen LogP contribution in [0, 0.1) is 0 Å². The van der Waals surface area contributed by atoms with Gasteiger partial charge in [0.25, 0.3) is 0 Å². The molecule has 0 amide bonds. The molecule has 0 radical (unpaired) electrons. The fraction of sp³-hybridized carbons (Fsp3) is 0.385. The van der Waals surface area contributed by atoms with Crippen LogP contribution in [0.3, 0.4) is 0 Å². The predicted molar refractivity (Wildman–Crippen MR) is 135 cm³/mol. The van der Waals surface area contributed by atoms with Crippen LogP contribution in [0.1, 0.15) is 50.2 Å². The van der Waals surface area contributed by atoms with Crippen LogP contribution in [0.25, 0.3) is 21.3 Å². The van der Waals surface area contributed by atoms with Crippen molar-refractivity contribution in [3.8, 4) is 16.9 Å². The molecule has 0 spiro atoms. The minimum atomic E-state index is -0.168. The molecule has 3 aromatic heterocycles. The quantitative estimate of drug-likeness (QED) is 0.377. The largest absolute Gasteiger partial charge is 0.489 e. The highest BCUT2D eigenvalue weighted by molar-refractivity contribution is 7.18. The first-order valence-electron chi connectivity index (χ1n) is 11.8. The Morgan fingerprint density at radius 2 is 1.91 bits per heavy atom. The lowest BCUT2D eigenvalue weighted by Gasteiger charge is -2.26. The van der Waals surface area contributed by atoms with E-state index in [0.29, 0.717) is 18.4 Å². The highest BCUT2D eigenvalue weighted by Gasteiger charge is 2.20. The summed E-state index contributed by atoms with van der Waals surface area (Å²) in [4.78, 5) is 18.3. The SMILES string of the molecule is CC(C)Oc1cncc(-c2ccc3nc(Cc4ccnc(NC5CCC(O)CC5)n4)sc3c2)c1. The van der Waals surface area contributed by atoms with Crippen molar-refractivity contribution < 1.29 is 9.84 Å². The normalized spacial score (nSPS) is 18.4. The molecule has 1 aliphatic rings. The number of benzene rings is 1. The number of rotatable bonds is 7. The molecule has 3 heterocycles. The van der Waals surface area contributed by atoms with Gasteiger partial charge in [-0.1, -0.05) is 6.07 Å². The van der Waals surface area contributed by atoms with E-state index < -0.39 is 0 Å². The van der Waals surface area contributed by atoms with Crippen molar-refractivity contribution in [1.82, 2.24) is 19.9 Å². The summed E-state index contributed by atoms with van der Waals surface area (Å²) in [7, 11) is 0. The van der Waals surface area contributed by atoms with Crippen molar-refractivity contribution in [3.05, 3.63) is 59.6 Å². The lowest BCUT2D eigenvalue weighted by molar-refractivity contribution is 0.126. The summed E-state index contributed by atoms with van der Waals surface area (Å²) in [5, 5.41) is 14.2. The van der Waals surface area contributed by atoms with Gasteiger partial charge in [-0.05, 0) is 69.4 Å². The van der Waals surface area contributed by atoms with Gasteiger partial charge < -0.3 is 15.2 Å². The Hall–Kier alpha value is -3.10. The summed E-state index contributed by atoms with van der Waals surface area (Å²) >= 11 is 1.69. The van der Waals surface area contributed by atoms with E-state index in [4.69, 9.17) is 14.7 Å². The molecule has 5 rings (SSSR count). The Balaban J connectivity index is 1.31. The summed E-state index contributed by atoms with van der Waals surface area (Å²) in [5.74, 6) is 1.42. The summed E-state index contributed by atoms with van der Waals surface area (Å²) in [6, 6.07) is 10.6. The van der Waals surface area contributed by atoms with E-state index in [2.05, 4.69) is 33.5 Å². The summed E-state index contributed by atoms with van der Waals surface area (Å²) in [6.45, 7) is 4.02. The number of pyridine rings is 1. The van der Waals surface area contributed by atoms with Crippen LogP contribution in [0.4, 0.5) is 5.95 Å². The molecule has 0 saturated heterocycles. The lowest BCUT2D eigenvalue weighted by atomic mass is 9.93. The Labute approximate surface area is 203 Å². The molecule has 0 atom stereocenters. The summed E-state index contributed by atoms with van der Waals surface area (Å²) < 4.78 is 6.93. The van der Waals surface area contributed by atoms with Gasteiger partial charge in [0.2, 0.25) is 5.95 Å². The predicted octanol–water partition coefficient (Wildman–Crippen LogP) is 5.24. The first kappa shape index (κ1) is 22.7. The van der Waals surface area contributed by atoms with Gasteiger partial charge >= 0.3 is 0 Å². The molecule has 1 saturated carbocycles. The number of fused-ring (bicyclic) bond motifs is 1. The summed E-state index contributed by atoms with van der Waals surface area (Å²) in [6.07, 6.45) is 9.55. The lowest BCUT2D eigenvalue weighted by Crippen LogP contribution is -2.29. The maximum absolute atomic E-state index is 9.71. The third kappa shape index (κ3) is 5.51. The second kappa shape index (κ2) is 10.0. The van der Waals surface area contributed by atoms with Crippen LogP contribution in [-0.2, 0) is 6.42 Å². The molecule has 2 N–H and O–H groups in total. The molecular formula is C26H29N5O2S. The molecule has 34 heavy (non-hydrogen) atoms. The molecule has 8 heteroatoms. The number of hydrogen-bond acceptors (Lipinski definition) is 8. The number of anilines is 1. The second-order valence-corrected chi connectivity index (χ2v) is 10.2. The molecule has 1 fully saturated rings. The number of aliphatic hydroxyl groups excluding tert-OH is 1. The molecule has 7 nitrogen and oxygen atoms in total. The molecule has 4 aromatic rings. The average Bonchev–Trinajstić information content (AvgIpc) is 3.22. The highest BCUT2D eigenvalue weighted by atomic mass is 32.1. The second-order valence-electron chi connectivity index (χ2n) is 9.06. The van der Waals surface area contributed by atoms with Crippen molar-refractivity contribution >= 4 is 27.5 Å². The zero-order valence-corrected chi connectivity index (χ0v) is 20.3. The van der Waals surface area contributed by atoms with Gasteiger partial charge in [0.1, 0.15) is 5.75 Å². The molecule has 1 aliphatic carbocycles. The third-order valence-electron chi connectivity index (χ3n) is 5.93. The molecule has 176 valence electrons. The minimum Gasteiger partial charge on any atom is -0.489 e. The Morgan fingerprint density at radius 3 is 2.74 bits per heavy atom. The van der Waals surface area contributed by atoms with Gasteiger partial charge in [0.05, 0.1) is 39.3 Å². The Kier molecular flexibility index (Phi) is 6.69. The van der Waals surface area contributed by atoms with Crippen molar-refractivity contribution in [2.24, 2.45) is 0 Å². The number of thiazole rings is 1. The van der Waals surface area contributed by atoms with Gasteiger partial charge in [-0.3, -0.25) is 4.98 Å². The maximum atomic E-state index is 9.71. The van der Waals surface area contributed by atoms with E-state index in [1.807, 2.05) is 32.2 Å². The van der Waals surface area contributed by atoms with E-state index in [9.17, 15) is 5.11 Å². The van der Waals surface area contributed by atoms with Crippen molar-refractivity contribution in [1.29, 1.82) is 0 Å². The van der Waals surface area contributed by atoms with E-state index >= 15 is 0 Å². The van der Waals surface area contributed by atoms with Gasteiger partial charge in [-0.2, -0.15) is 0 Å². The number of nitrogens with zero attached hydrogens (tertiary/aromatic N) is 4. The van der Waals surface area contributed by atoms with Gasteiger partial charge in [-0.25, -0.2) is 15.0 Å². The Bertz CT molecular complexity index is 1270. The number of hydrogen-bond donors (Lipinski definition) is 2. The Morgan fingerprint density at radius 1 is 1.06 bits per heavy atom. The zero-order chi connectivity index (χ0) is 23.5. The average molecular weight is 476 g/mol. The molecule has 0 aliphatic heterocycles. The van der Waals surface area contributed by atoms with E-state index in [1.165, 1.54) is 0 Å². The van der Waals surface area contributed by atoms with Crippen LogP contribution in [0.2, 0.25) is 0 Å². The van der Waals surface area contributed by atoms with Crippen molar-refractivity contribution in [2.75, 3.05) is 5.32 Å². The van der Waals surface area contributed by atoms with Crippen LogP contribution < -0.4 is 10.1 Å². The van der Waals surface area contributed by atoms with E-state index in [1.54, 1.807) is 23.7 Å². The topological polar surface area (TPSA) is 93.1 Å². The first-order valence-corrected chi connectivity index (χ1v) is 12.6. The van der Waals surface area contributed by atoms with E-state index in [0.717, 1.165) is 63.5 Å². The third-order valence-corrected chi connectivity index (χ3v) is 6.94. The first-order chi connectivity index (χ1) is 16.5. The van der Waals surface area contributed by atoms with E-state index in [-0.39, 0.29) is 12.2 Å². The number of ether oxygens (including phenoxy) is 1. The monoisotopic (exact) mass is 475 g/mol. The van der Waals surface area contributed by atoms with Gasteiger partial charge in [0, 0.05) is 30.4 Å². The standard InChI is InChI=1S/C26H29N5O2S/c1-16(2)33-22-11-18(14-27-15-22)17-3-8-23-24(12-17)34-25(31-23)13-20-9-10-28-26(30-20)29-19-4-6-21(32)7-5-19/h3,8-12,14-16,19,21,32H,4-7,13H2,1-2H3,(H,28,29,30). The molecule has 0 bridgehead atoms. The number of aromatic nitrogens is 4.